The van der Waals surface area contributed by atoms with Gasteiger partial charge in [0.2, 0.25) is 0 Å². The zero-order valence-electron chi connectivity index (χ0n) is 15.0. The molecule has 1 aromatic carbocycles. The lowest BCUT2D eigenvalue weighted by Gasteiger charge is -1.98. The van der Waals surface area contributed by atoms with Crippen molar-refractivity contribution in [1.29, 1.82) is 0 Å². The first-order valence-corrected chi connectivity index (χ1v) is 9.18. The van der Waals surface area contributed by atoms with Gasteiger partial charge in [0, 0.05) is 29.4 Å². The van der Waals surface area contributed by atoms with Gasteiger partial charge in [0.15, 0.2) is 5.58 Å². The van der Waals surface area contributed by atoms with Crippen molar-refractivity contribution in [2.75, 3.05) is 7.11 Å². The van der Waals surface area contributed by atoms with Gasteiger partial charge < -0.3 is 9.15 Å². The molecule has 8 heteroatoms. The van der Waals surface area contributed by atoms with Crippen molar-refractivity contribution in [3.63, 3.8) is 0 Å². The molecule has 2 amide bonds. The minimum atomic E-state index is -0.450. The average Bonchev–Trinajstić information content (AvgIpc) is 3.28. The van der Waals surface area contributed by atoms with Gasteiger partial charge in [-0.05, 0) is 42.1 Å². The number of imide groups is 1. The summed E-state index contributed by atoms with van der Waals surface area (Å²) >= 11 is 0.820. The molecule has 1 saturated heterocycles. The lowest BCUT2D eigenvalue weighted by molar-refractivity contribution is -0.115. The van der Waals surface area contributed by atoms with Crippen LogP contribution < -0.4 is 5.32 Å². The molecule has 2 aromatic heterocycles. The van der Waals surface area contributed by atoms with Gasteiger partial charge >= 0.3 is 5.97 Å². The number of hydrogen-bond donors (Lipinski definition) is 1. The summed E-state index contributed by atoms with van der Waals surface area (Å²) in [6, 6.07) is 8.44. The molecule has 0 saturated carbocycles. The summed E-state index contributed by atoms with van der Waals surface area (Å²) in [5.41, 5.74) is 2.25. The summed E-state index contributed by atoms with van der Waals surface area (Å²) in [5, 5.41) is 2.51. The molecule has 0 atom stereocenters. The zero-order chi connectivity index (χ0) is 20.4. The average molecular weight is 404 g/mol. The molecule has 0 unspecified atom stereocenters. The van der Waals surface area contributed by atoms with E-state index >= 15 is 0 Å². The summed E-state index contributed by atoms with van der Waals surface area (Å²) < 4.78 is 10.5. The molecule has 29 heavy (non-hydrogen) atoms. The standard InChI is InChI=1S/C21H12N2O5S/c1-27-20(25)13-5-2-12(3-6-13)4-7-14-10-22-11-15-8-16(28-18(14)15)9-17-19(24)23-21(26)29-17/h2-3,5-6,8-11H,1H3,(H,23,24,26)/b17-9-. The van der Waals surface area contributed by atoms with Crippen molar-refractivity contribution in [2.24, 2.45) is 0 Å². The van der Waals surface area contributed by atoms with E-state index in [9.17, 15) is 14.4 Å². The van der Waals surface area contributed by atoms with Crippen LogP contribution in [0.1, 0.15) is 27.2 Å². The number of carbonyl (C=O) groups is 3. The second kappa shape index (κ2) is 7.66. The van der Waals surface area contributed by atoms with Gasteiger partial charge in [-0.2, -0.15) is 0 Å². The monoisotopic (exact) mass is 404 g/mol. The van der Waals surface area contributed by atoms with Gasteiger partial charge in [-0.1, -0.05) is 11.8 Å². The number of amides is 2. The fourth-order valence-corrected chi connectivity index (χ4v) is 3.30. The highest BCUT2D eigenvalue weighted by Gasteiger charge is 2.25. The fourth-order valence-electron chi connectivity index (χ4n) is 2.64. The first kappa shape index (κ1) is 18.5. The number of carbonyl (C=O) groups excluding carboxylic acids is 3. The second-order valence-electron chi connectivity index (χ2n) is 5.93. The first-order valence-electron chi connectivity index (χ1n) is 8.36. The smallest absolute Gasteiger partial charge is 0.337 e. The molecule has 1 N–H and O–H groups in total. The number of esters is 1. The molecule has 1 aliphatic rings. The number of nitrogens with one attached hydrogen (secondary N) is 1. The Kier molecular flexibility index (Phi) is 4.89. The molecule has 0 radical (unpaired) electrons. The van der Waals surface area contributed by atoms with E-state index in [4.69, 9.17) is 4.42 Å². The third-order valence-corrected chi connectivity index (χ3v) is 4.82. The Morgan fingerprint density at radius 1 is 1.21 bits per heavy atom. The highest BCUT2D eigenvalue weighted by atomic mass is 32.2. The van der Waals surface area contributed by atoms with E-state index in [0.717, 1.165) is 17.1 Å². The molecule has 4 rings (SSSR count). The van der Waals surface area contributed by atoms with Crippen molar-refractivity contribution in [3.05, 3.63) is 70.1 Å². The largest absolute Gasteiger partial charge is 0.465 e. The van der Waals surface area contributed by atoms with E-state index in [1.54, 1.807) is 42.7 Å². The quantitative estimate of drug-likeness (QED) is 0.397. The van der Waals surface area contributed by atoms with E-state index in [1.807, 2.05) is 0 Å². The number of nitrogens with zero attached hydrogens (tertiary/aromatic N) is 1. The number of benzene rings is 1. The Hall–Kier alpha value is -3.83. The van der Waals surface area contributed by atoms with Crippen molar-refractivity contribution >= 4 is 45.9 Å². The lowest BCUT2D eigenvalue weighted by atomic mass is 10.1. The van der Waals surface area contributed by atoms with E-state index in [0.29, 0.717) is 28.0 Å². The highest BCUT2D eigenvalue weighted by Crippen LogP contribution is 2.28. The summed E-state index contributed by atoms with van der Waals surface area (Å²) in [5.74, 6) is 5.57. The molecule has 0 spiro atoms. The van der Waals surface area contributed by atoms with Crippen LogP contribution in [-0.4, -0.2) is 29.2 Å². The van der Waals surface area contributed by atoms with Gasteiger partial charge in [-0.3, -0.25) is 19.9 Å². The Morgan fingerprint density at radius 3 is 2.69 bits per heavy atom. The number of pyridine rings is 1. The Labute approximate surface area is 169 Å². The van der Waals surface area contributed by atoms with Crippen LogP contribution in [-0.2, 0) is 9.53 Å². The first-order chi connectivity index (χ1) is 14.0. The van der Waals surface area contributed by atoms with Gasteiger partial charge in [-0.25, -0.2) is 4.79 Å². The van der Waals surface area contributed by atoms with Crippen LogP contribution in [0, 0.1) is 11.8 Å². The van der Waals surface area contributed by atoms with Crippen LogP contribution in [0.5, 0.6) is 0 Å². The zero-order valence-corrected chi connectivity index (χ0v) is 15.8. The molecule has 3 aromatic rings. The number of methoxy groups -OCH3 is 1. The molecule has 3 heterocycles. The Morgan fingerprint density at radius 2 is 2.00 bits per heavy atom. The molecular formula is C21H12N2O5S. The molecular weight excluding hydrogens is 392 g/mol. The number of thioether (sulfide) groups is 1. The maximum absolute atomic E-state index is 11.7. The Balaban J connectivity index is 1.64. The molecule has 0 aliphatic carbocycles. The fraction of sp³-hybridized carbons (Fsp3) is 0.0476. The number of furan rings is 1. The van der Waals surface area contributed by atoms with Gasteiger partial charge in [0.1, 0.15) is 5.76 Å². The van der Waals surface area contributed by atoms with Crippen molar-refractivity contribution in [2.45, 2.75) is 0 Å². The summed E-state index contributed by atoms with van der Waals surface area (Å²) in [6.07, 6.45) is 4.72. The van der Waals surface area contributed by atoms with Crippen molar-refractivity contribution in [1.82, 2.24) is 10.3 Å². The number of rotatable bonds is 2. The molecule has 1 fully saturated rings. The second-order valence-corrected chi connectivity index (χ2v) is 6.94. The minimum absolute atomic E-state index is 0.264. The predicted octanol–water partition coefficient (Wildman–Crippen LogP) is 3.34. The lowest BCUT2D eigenvalue weighted by Crippen LogP contribution is -2.17. The topological polar surface area (TPSA) is 98.5 Å². The SMILES string of the molecule is COC(=O)c1ccc(C#Cc2cncc3cc(/C=C4\SC(=O)NC4=O)oc23)cc1. The third-order valence-electron chi connectivity index (χ3n) is 4.00. The van der Waals surface area contributed by atoms with Crippen LogP contribution in [0.25, 0.3) is 17.0 Å². The highest BCUT2D eigenvalue weighted by molar-refractivity contribution is 8.18. The number of aromatic nitrogens is 1. The van der Waals surface area contributed by atoms with E-state index < -0.39 is 17.1 Å². The minimum Gasteiger partial charge on any atom is -0.465 e. The van der Waals surface area contributed by atoms with Gasteiger partial charge in [0.05, 0.1) is 23.1 Å². The van der Waals surface area contributed by atoms with Crippen LogP contribution >= 0.6 is 11.8 Å². The maximum Gasteiger partial charge on any atom is 0.337 e. The van der Waals surface area contributed by atoms with Crippen LogP contribution in [0.4, 0.5) is 4.79 Å². The molecule has 7 nitrogen and oxygen atoms in total. The van der Waals surface area contributed by atoms with E-state index in [-0.39, 0.29) is 4.91 Å². The summed E-state index contributed by atoms with van der Waals surface area (Å²) in [6.45, 7) is 0. The maximum atomic E-state index is 11.7. The van der Waals surface area contributed by atoms with Gasteiger partial charge in [-0.15, -0.1) is 0 Å². The van der Waals surface area contributed by atoms with E-state index in [1.165, 1.54) is 13.2 Å². The van der Waals surface area contributed by atoms with Crippen LogP contribution in [0.3, 0.4) is 0 Å². The molecule has 142 valence electrons. The predicted molar refractivity (Wildman–Crippen MR) is 107 cm³/mol. The summed E-state index contributed by atoms with van der Waals surface area (Å²) in [7, 11) is 1.33. The Bertz CT molecular complexity index is 1250. The number of ether oxygens (including phenoxy) is 1. The number of fused-ring (bicyclic) bond motifs is 1. The van der Waals surface area contributed by atoms with Crippen molar-refractivity contribution < 1.29 is 23.5 Å². The number of hydrogen-bond acceptors (Lipinski definition) is 7. The van der Waals surface area contributed by atoms with E-state index in [2.05, 4.69) is 26.9 Å². The summed E-state index contributed by atoms with van der Waals surface area (Å²) in [4.78, 5) is 38.9. The van der Waals surface area contributed by atoms with Crippen molar-refractivity contribution in [3.8, 4) is 11.8 Å². The third kappa shape index (κ3) is 3.90. The van der Waals surface area contributed by atoms with Crippen LogP contribution in [0.2, 0.25) is 0 Å². The molecule has 1 aliphatic heterocycles. The molecule has 0 bridgehead atoms. The van der Waals surface area contributed by atoms with Crippen LogP contribution in [0.15, 0.2) is 52.0 Å². The van der Waals surface area contributed by atoms with Gasteiger partial charge in [0.25, 0.3) is 11.1 Å². The normalized spacial score (nSPS) is 14.6.